The molecule has 1 fully saturated rings. The van der Waals surface area contributed by atoms with Crippen LogP contribution in [0.25, 0.3) is 0 Å². The first-order valence-electron chi connectivity index (χ1n) is 5.94. The minimum Gasteiger partial charge on any atom is -0.481 e. The molecule has 0 bridgehead atoms. The molecule has 3 atom stereocenters. The van der Waals surface area contributed by atoms with Crippen molar-refractivity contribution in [1.29, 1.82) is 0 Å². The van der Waals surface area contributed by atoms with Crippen LogP contribution in [0.4, 0.5) is 0 Å². The first-order valence-corrected chi connectivity index (χ1v) is 5.94. The highest BCUT2D eigenvalue weighted by atomic mass is 16.4. The average molecular weight is 214 g/mol. The second kappa shape index (κ2) is 4.97. The highest BCUT2D eigenvalue weighted by Gasteiger charge is 2.39. The fraction of sp³-hybridized carbons (Fsp3) is 0.917. The Morgan fingerprint density at radius 1 is 1.47 bits per heavy atom. The molecule has 0 aliphatic heterocycles. The molecule has 1 saturated carbocycles. The summed E-state index contributed by atoms with van der Waals surface area (Å²) in [6.45, 7) is 3.78. The minimum absolute atomic E-state index is 0.636. The third kappa shape index (κ3) is 2.94. The van der Waals surface area contributed by atoms with Gasteiger partial charge in [0.1, 0.15) is 0 Å². The van der Waals surface area contributed by atoms with Gasteiger partial charge in [0.2, 0.25) is 0 Å². The van der Waals surface area contributed by atoms with E-state index in [-0.39, 0.29) is 0 Å². The molecule has 2 N–H and O–H groups in total. The summed E-state index contributed by atoms with van der Waals surface area (Å²) in [5.41, 5.74) is -0.976. The molecule has 1 aliphatic carbocycles. The van der Waals surface area contributed by atoms with Gasteiger partial charge in [-0.2, -0.15) is 0 Å². The lowest BCUT2D eigenvalue weighted by atomic mass is 9.82. The van der Waals surface area contributed by atoms with Crippen LogP contribution in [0.2, 0.25) is 0 Å². The molecule has 0 radical (unpaired) electrons. The van der Waals surface area contributed by atoms with Gasteiger partial charge in [0.15, 0.2) is 0 Å². The van der Waals surface area contributed by atoms with Gasteiger partial charge in [0.25, 0.3) is 0 Å². The Hall–Kier alpha value is -0.570. The molecule has 3 heteroatoms. The van der Waals surface area contributed by atoms with E-state index in [1.54, 1.807) is 6.92 Å². The lowest BCUT2D eigenvalue weighted by molar-refractivity contribution is -0.151. The second-order valence-electron chi connectivity index (χ2n) is 4.87. The van der Waals surface area contributed by atoms with Crippen LogP contribution in [0.15, 0.2) is 0 Å². The summed E-state index contributed by atoms with van der Waals surface area (Å²) in [4.78, 5) is 10.9. The number of hydrogen-bond acceptors (Lipinski definition) is 2. The molecule has 3 nitrogen and oxygen atoms in total. The average Bonchev–Trinajstić information content (AvgIpc) is 2.40. The smallest absolute Gasteiger partial charge is 0.309 e. The van der Waals surface area contributed by atoms with Gasteiger partial charge in [0.05, 0.1) is 11.5 Å². The van der Waals surface area contributed by atoms with E-state index in [0.29, 0.717) is 18.8 Å². The number of carboxylic acids is 1. The first-order chi connectivity index (χ1) is 6.99. The van der Waals surface area contributed by atoms with Crippen LogP contribution >= 0.6 is 0 Å². The number of carboxylic acid groups (broad SMARTS) is 1. The third-order valence-corrected chi connectivity index (χ3v) is 3.96. The summed E-state index contributed by atoms with van der Waals surface area (Å²) in [6.07, 6.45) is 5.45. The molecule has 88 valence electrons. The van der Waals surface area contributed by atoms with Crippen molar-refractivity contribution in [2.75, 3.05) is 0 Å². The van der Waals surface area contributed by atoms with Crippen LogP contribution in [0.3, 0.4) is 0 Å². The van der Waals surface area contributed by atoms with E-state index < -0.39 is 17.5 Å². The maximum atomic E-state index is 10.9. The van der Waals surface area contributed by atoms with Crippen molar-refractivity contribution < 1.29 is 15.0 Å². The number of carbonyl (C=O) groups is 1. The molecular weight excluding hydrogens is 192 g/mol. The topological polar surface area (TPSA) is 57.5 Å². The van der Waals surface area contributed by atoms with E-state index in [1.807, 2.05) is 0 Å². The van der Waals surface area contributed by atoms with E-state index in [1.165, 1.54) is 0 Å². The van der Waals surface area contributed by atoms with Crippen LogP contribution < -0.4 is 0 Å². The van der Waals surface area contributed by atoms with Crippen LogP contribution in [0.1, 0.15) is 52.4 Å². The Morgan fingerprint density at radius 2 is 2.13 bits per heavy atom. The molecule has 0 amide bonds. The number of aliphatic carboxylic acids is 1. The van der Waals surface area contributed by atoms with Crippen LogP contribution in [0, 0.1) is 11.8 Å². The molecule has 0 heterocycles. The summed E-state index contributed by atoms with van der Waals surface area (Å²) in [7, 11) is 0. The lowest BCUT2D eigenvalue weighted by Crippen LogP contribution is -2.40. The quantitative estimate of drug-likeness (QED) is 0.709. The standard InChI is InChI=1S/C12H22O3/c1-3-10-5-4-7-12(15,8-6-10)9(2)11(13)14/h9-10,15H,3-8H2,1-2H3,(H,13,14). The van der Waals surface area contributed by atoms with Crippen LogP contribution in [0.5, 0.6) is 0 Å². The van der Waals surface area contributed by atoms with E-state index in [9.17, 15) is 9.90 Å². The summed E-state index contributed by atoms with van der Waals surface area (Å²) in [5, 5.41) is 19.3. The van der Waals surface area contributed by atoms with Crippen molar-refractivity contribution in [2.24, 2.45) is 11.8 Å². The van der Waals surface area contributed by atoms with E-state index in [4.69, 9.17) is 5.11 Å². The van der Waals surface area contributed by atoms with Gasteiger partial charge in [0, 0.05) is 0 Å². The monoisotopic (exact) mass is 214 g/mol. The van der Waals surface area contributed by atoms with Crippen LogP contribution in [-0.2, 0) is 4.79 Å². The van der Waals surface area contributed by atoms with Gasteiger partial charge < -0.3 is 10.2 Å². The summed E-state index contributed by atoms with van der Waals surface area (Å²) in [5.74, 6) is -0.861. The molecular formula is C12H22O3. The Morgan fingerprint density at radius 3 is 2.67 bits per heavy atom. The van der Waals surface area contributed by atoms with E-state index in [0.717, 1.165) is 25.7 Å². The zero-order chi connectivity index (χ0) is 11.5. The summed E-state index contributed by atoms with van der Waals surface area (Å²) < 4.78 is 0. The lowest BCUT2D eigenvalue weighted by Gasteiger charge is -2.30. The Balaban J connectivity index is 2.65. The van der Waals surface area contributed by atoms with E-state index >= 15 is 0 Å². The van der Waals surface area contributed by atoms with Gasteiger partial charge in [-0.05, 0) is 32.1 Å². The summed E-state index contributed by atoms with van der Waals surface area (Å²) >= 11 is 0. The Kier molecular flexibility index (Phi) is 4.14. The third-order valence-electron chi connectivity index (χ3n) is 3.96. The van der Waals surface area contributed by atoms with Gasteiger partial charge in [-0.1, -0.05) is 26.2 Å². The largest absolute Gasteiger partial charge is 0.481 e. The number of aliphatic hydroxyl groups is 1. The number of rotatable bonds is 3. The fourth-order valence-electron chi connectivity index (χ4n) is 2.49. The molecule has 0 spiro atoms. The van der Waals surface area contributed by atoms with Gasteiger partial charge >= 0.3 is 5.97 Å². The maximum absolute atomic E-state index is 10.9. The van der Waals surface area contributed by atoms with Crippen molar-refractivity contribution in [3.63, 3.8) is 0 Å². The van der Waals surface area contributed by atoms with Crippen molar-refractivity contribution in [2.45, 2.75) is 58.0 Å². The minimum atomic E-state index is -0.976. The van der Waals surface area contributed by atoms with Crippen molar-refractivity contribution in [3.05, 3.63) is 0 Å². The Bertz CT molecular complexity index is 227. The Labute approximate surface area is 91.5 Å². The molecule has 1 aliphatic rings. The number of hydrogen-bond donors (Lipinski definition) is 2. The molecule has 0 saturated heterocycles. The van der Waals surface area contributed by atoms with Crippen LogP contribution in [-0.4, -0.2) is 21.8 Å². The van der Waals surface area contributed by atoms with E-state index in [2.05, 4.69) is 6.92 Å². The first kappa shape index (κ1) is 12.5. The molecule has 0 aromatic rings. The molecule has 0 aromatic carbocycles. The van der Waals surface area contributed by atoms with Gasteiger partial charge in [-0.25, -0.2) is 0 Å². The molecule has 3 unspecified atom stereocenters. The fourth-order valence-corrected chi connectivity index (χ4v) is 2.49. The normalized spacial score (nSPS) is 34.5. The second-order valence-corrected chi connectivity index (χ2v) is 4.87. The molecule has 0 aromatic heterocycles. The highest BCUT2D eigenvalue weighted by molar-refractivity contribution is 5.71. The molecule has 15 heavy (non-hydrogen) atoms. The predicted octanol–water partition coefficient (Wildman–Crippen LogP) is 2.43. The zero-order valence-electron chi connectivity index (χ0n) is 9.70. The van der Waals surface area contributed by atoms with Gasteiger partial charge in [-0.3, -0.25) is 4.79 Å². The maximum Gasteiger partial charge on any atom is 0.309 e. The van der Waals surface area contributed by atoms with Crippen molar-refractivity contribution in [1.82, 2.24) is 0 Å². The molecule has 1 rings (SSSR count). The SMILES string of the molecule is CCC1CCCC(O)(C(C)C(=O)O)CC1. The highest BCUT2D eigenvalue weighted by Crippen LogP contribution is 2.36. The zero-order valence-corrected chi connectivity index (χ0v) is 9.70. The summed E-state index contributed by atoms with van der Waals surface area (Å²) in [6, 6.07) is 0. The van der Waals surface area contributed by atoms with Gasteiger partial charge in [-0.15, -0.1) is 0 Å². The van der Waals surface area contributed by atoms with Crippen molar-refractivity contribution >= 4 is 5.97 Å². The van der Waals surface area contributed by atoms with Crippen molar-refractivity contribution in [3.8, 4) is 0 Å². The predicted molar refractivity (Wildman–Crippen MR) is 58.6 cm³/mol.